The average molecular weight is 494 g/mol. The maximum Gasteiger partial charge on any atom is 0.405 e. The Morgan fingerprint density at radius 3 is 2.34 bits per heavy atom. The number of nitrogens with zero attached hydrogens (tertiary/aromatic N) is 3. The molecule has 2 heterocycles. The van der Waals surface area contributed by atoms with Gasteiger partial charge in [-0.2, -0.15) is 13.2 Å². The van der Waals surface area contributed by atoms with E-state index >= 15 is 0 Å². The molecule has 0 spiro atoms. The number of alkyl halides is 3. The van der Waals surface area contributed by atoms with Crippen LogP contribution in [-0.2, 0) is 5.41 Å². The van der Waals surface area contributed by atoms with Crippen molar-refractivity contribution in [2.75, 3.05) is 17.2 Å². The number of anilines is 2. The van der Waals surface area contributed by atoms with Crippen molar-refractivity contribution < 1.29 is 27.8 Å². The molecule has 3 aromatic rings. The number of hydrogen-bond acceptors (Lipinski definition) is 8. The van der Waals surface area contributed by atoms with E-state index in [4.69, 9.17) is 9.40 Å². The number of aromatic nitrogens is 3. The molecule has 8 nitrogen and oxygen atoms in total. The molecule has 11 heteroatoms. The lowest BCUT2D eigenvalue weighted by molar-refractivity contribution is -0.115. The standard InChI is InChI=1S/C24H30F3N5O3/c1-12-5-19(21-31-32-22(35-21)29-14-6-15(33)10-16(34)7-14)30-20-17(12)8-13(28-11-24(25,26)27)9-18(20)23(2,3)4/h5,8-9,14-16,28,33-34H,6-7,10-11H2,1-4H3,(H,29,32)/t14?,15-,16+. The van der Waals surface area contributed by atoms with Gasteiger partial charge in [-0.3, -0.25) is 0 Å². The molecule has 0 aliphatic heterocycles. The molecule has 1 unspecified atom stereocenters. The number of aliphatic hydroxyl groups is 2. The zero-order valence-electron chi connectivity index (χ0n) is 20.1. The third-order valence-electron chi connectivity index (χ3n) is 6.05. The number of hydrogen-bond donors (Lipinski definition) is 4. The van der Waals surface area contributed by atoms with Gasteiger partial charge in [0.25, 0.3) is 5.89 Å². The monoisotopic (exact) mass is 493 g/mol. The number of pyridine rings is 1. The molecule has 1 fully saturated rings. The highest BCUT2D eigenvalue weighted by molar-refractivity contribution is 5.90. The van der Waals surface area contributed by atoms with Gasteiger partial charge >= 0.3 is 12.2 Å². The van der Waals surface area contributed by atoms with E-state index in [0.29, 0.717) is 36.2 Å². The van der Waals surface area contributed by atoms with Gasteiger partial charge < -0.3 is 25.3 Å². The van der Waals surface area contributed by atoms with Gasteiger partial charge in [0.15, 0.2) is 0 Å². The summed E-state index contributed by atoms with van der Waals surface area (Å²) in [5.74, 6) is 0.188. The summed E-state index contributed by atoms with van der Waals surface area (Å²) in [7, 11) is 0. The molecule has 190 valence electrons. The van der Waals surface area contributed by atoms with Gasteiger partial charge in [0, 0.05) is 17.1 Å². The molecular weight excluding hydrogens is 463 g/mol. The molecule has 2 aromatic heterocycles. The Kier molecular flexibility index (Phi) is 6.67. The predicted molar refractivity (Wildman–Crippen MR) is 126 cm³/mol. The molecule has 1 aliphatic carbocycles. The Morgan fingerprint density at radius 2 is 1.71 bits per heavy atom. The molecule has 0 radical (unpaired) electrons. The molecule has 4 rings (SSSR count). The van der Waals surface area contributed by atoms with E-state index in [1.807, 2.05) is 27.7 Å². The van der Waals surface area contributed by atoms with Crippen LogP contribution in [0.2, 0.25) is 0 Å². The first-order valence-electron chi connectivity index (χ1n) is 11.5. The fourth-order valence-corrected chi connectivity index (χ4v) is 4.41. The Bertz CT molecular complexity index is 1200. The fourth-order valence-electron chi connectivity index (χ4n) is 4.41. The number of aryl methyl sites for hydroxylation is 1. The molecule has 0 amide bonds. The van der Waals surface area contributed by atoms with Crippen LogP contribution in [0.15, 0.2) is 22.6 Å². The van der Waals surface area contributed by atoms with Crippen molar-refractivity contribution in [3.8, 4) is 11.6 Å². The summed E-state index contributed by atoms with van der Waals surface area (Å²) < 4.78 is 44.1. The lowest BCUT2D eigenvalue weighted by atomic mass is 9.84. The Morgan fingerprint density at radius 1 is 1.03 bits per heavy atom. The summed E-state index contributed by atoms with van der Waals surface area (Å²) >= 11 is 0. The smallest absolute Gasteiger partial charge is 0.402 e. The number of benzene rings is 1. The second kappa shape index (κ2) is 9.27. The minimum Gasteiger partial charge on any atom is -0.402 e. The van der Waals surface area contributed by atoms with Crippen LogP contribution in [0, 0.1) is 6.92 Å². The highest BCUT2D eigenvalue weighted by atomic mass is 19.4. The van der Waals surface area contributed by atoms with E-state index in [1.54, 1.807) is 18.2 Å². The third-order valence-corrected chi connectivity index (χ3v) is 6.05. The highest BCUT2D eigenvalue weighted by Crippen LogP contribution is 2.36. The Labute approximate surface area is 201 Å². The third kappa shape index (κ3) is 6.02. The number of nitrogens with one attached hydrogen (secondary N) is 2. The van der Waals surface area contributed by atoms with Gasteiger partial charge in [0.05, 0.1) is 17.7 Å². The maximum absolute atomic E-state index is 12.8. The van der Waals surface area contributed by atoms with Gasteiger partial charge in [0.1, 0.15) is 12.2 Å². The molecule has 1 aliphatic rings. The number of fused-ring (bicyclic) bond motifs is 1. The van der Waals surface area contributed by atoms with Gasteiger partial charge in [-0.25, -0.2) is 4.98 Å². The molecule has 4 N–H and O–H groups in total. The van der Waals surface area contributed by atoms with Crippen LogP contribution in [0.1, 0.15) is 51.2 Å². The summed E-state index contributed by atoms with van der Waals surface area (Å²) in [6.07, 6.45) is -4.27. The van der Waals surface area contributed by atoms with Crippen LogP contribution in [0.3, 0.4) is 0 Å². The van der Waals surface area contributed by atoms with Crippen LogP contribution in [0.4, 0.5) is 24.9 Å². The summed E-state index contributed by atoms with van der Waals surface area (Å²) in [4.78, 5) is 4.75. The van der Waals surface area contributed by atoms with Crippen LogP contribution in [-0.4, -0.2) is 56.4 Å². The normalized spacial score (nSPS) is 21.3. The second-order valence-electron chi connectivity index (χ2n) is 10.2. The summed E-state index contributed by atoms with van der Waals surface area (Å²) in [6.45, 7) is 6.65. The first kappa shape index (κ1) is 25.2. The quantitative estimate of drug-likeness (QED) is 0.409. The van der Waals surface area contributed by atoms with E-state index in [9.17, 15) is 23.4 Å². The van der Waals surface area contributed by atoms with Crippen molar-refractivity contribution >= 4 is 22.6 Å². The SMILES string of the molecule is Cc1cc(-c2nnc(NC3C[C@@H](O)C[C@@H](O)C3)o2)nc2c(C(C)(C)C)cc(NCC(F)(F)F)cc12. The number of halogens is 3. The zero-order valence-corrected chi connectivity index (χ0v) is 20.1. The fraction of sp³-hybridized carbons (Fsp3) is 0.542. The van der Waals surface area contributed by atoms with Gasteiger partial charge in [-0.1, -0.05) is 25.9 Å². The first-order valence-corrected chi connectivity index (χ1v) is 11.5. The molecule has 0 bridgehead atoms. The Balaban J connectivity index is 1.67. The van der Waals surface area contributed by atoms with Gasteiger partial charge in [-0.05, 0) is 60.9 Å². The van der Waals surface area contributed by atoms with Gasteiger partial charge in [-0.15, -0.1) is 5.10 Å². The lowest BCUT2D eigenvalue weighted by Crippen LogP contribution is -2.37. The van der Waals surface area contributed by atoms with E-state index < -0.39 is 30.3 Å². The highest BCUT2D eigenvalue weighted by Gasteiger charge is 2.29. The number of aliphatic hydroxyl groups excluding tert-OH is 2. The van der Waals surface area contributed by atoms with Crippen molar-refractivity contribution in [1.29, 1.82) is 0 Å². The molecule has 1 aromatic carbocycles. The molecule has 3 atom stereocenters. The van der Waals surface area contributed by atoms with E-state index in [2.05, 4.69) is 20.8 Å². The van der Waals surface area contributed by atoms with Crippen molar-refractivity contribution in [2.24, 2.45) is 0 Å². The average Bonchev–Trinajstić information content (AvgIpc) is 3.18. The van der Waals surface area contributed by atoms with E-state index in [0.717, 1.165) is 16.5 Å². The van der Waals surface area contributed by atoms with E-state index in [1.165, 1.54) is 0 Å². The van der Waals surface area contributed by atoms with Crippen molar-refractivity contribution in [2.45, 2.75) is 76.8 Å². The zero-order chi connectivity index (χ0) is 25.5. The molecular formula is C24H30F3N5O3. The topological polar surface area (TPSA) is 116 Å². The Hall–Kier alpha value is -2.92. The van der Waals surface area contributed by atoms with Crippen LogP contribution >= 0.6 is 0 Å². The van der Waals surface area contributed by atoms with Crippen molar-refractivity contribution in [3.63, 3.8) is 0 Å². The lowest BCUT2D eigenvalue weighted by Gasteiger charge is -2.29. The van der Waals surface area contributed by atoms with Crippen molar-refractivity contribution in [1.82, 2.24) is 15.2 Å². The van der Waals surface area contributed by atoms with Gasteiger partial charge in [0.2, 0.25) is 0 Å². The largest absolute Gasteiger partial charge is 0.405 e. The summed E-state index contributed by atoms with van der Waals surface area (Å²) in [5.41, 5.74) is 2.66. The number of rotatable bonds is 5. The van der Waals surface area contributed by atoms with Crippen LogP contribution < -0.4 is 10.6 Å². The van der Waals surface area contributed by atoms with Crippen molar-refractivity contribution in [3.05, 3.63) is 29.3 Å². The molecule has 35 heavy (non-hydrogen) atoms. The van der Waals surface area contributed by atoms with Crippen LogP contribution in [0.25, 0.3) is 22.5 Å². The minimum absolute atomic E-state index is 0.161. The summed E-state index contributed by atoms with van der Waals surface area (Å²) in [5, 5.41) is 34.2. The molecule has 1 saturated carbocycles. The maximum atomic E-state index is 12.8. The first-order chi connectivity index (χ1) is 16.3. The second-order valence-corrected chi connectivity index (χ2v) is 10.2. The molecule has 0 saturated heterocycles. The predicted octanol–water partition coefficient (Wildman–Crippen LogP) is 4.55. The van der Waals surface area contributed by atoms with E-state index in [-0.39, 0.29) is 17.9 Å². The minimum atomic E-state index is -4.33. The summed E-state index contributed by atoms with van der Waals surface area (Å²) in [6, 6.07) is 5.08. The van der Waals surface area contributed by atoms with Crippen LogP contribution in [0.5, 0.6) is 0 Å².